The molecule has 1 aliphatic rings. The van der Waals surface area contributed by atoms with E-state index in [0.717, 1.165) is 19.0 Å². The minimum Gasteiger partial charge on any atom is -0.347 e. The Hall–Kier alpha value is -0.540. The molecule has 1 aromatic heterocycles. The molecule has 0 bridgehead atoms. The topological polar surface area (TPSA) is 40.7 Å². The molecule has 1 aromatic rings. The summed E-state index contributed by atoms with van der Waals surface area (Å²) in [4.78, 5) is 7.08. The van der Waals surface area contributed by atoms with Crippen molar-refractivity contribution in [3.05, 3.63) is 18.2 Å². The van der Waals surface area contributed by atoms with Crippen LogP contribution < -0.4 is 5.32 Å². The number of nitrogens with one attached hydrogen (secondary N) is 2. The quantitative estimate of drug-likeness (QED) is 0.755. The molecule has 0 aliphatic heterocycles. The molecule has 0 unspecified atom stereocenters. The molecule has 92 valence electrons. The number of aromatic amines is 1. The van der Waals surface area contributed by atoms with Gasteiger partial charge >= 0.3 is 0 Å². The Bertz CT molecular complexity index is 255. The third-order valence-electron chi connectivity index (χ3n) is 3.31. The zero-order valence-corrected chi connectivity index (χ0v) is 10.6. The van der Waals surface area contributed by atoms with Gasteiger partial charge in [0.05, 0.1) is 6.33 Å². The molecule has 0 radical (unpaired) electrons. The summed E-state index contributed by atoms with van der Waals surface area (Å²) in [6.45, 7) is 2.06. The average molecular weight is 244 g/mol. The van der Waals surface area contributed by atoms with Crippen LogP contribution in [0.3, 0.4) is 0 Å². The lowest BCUT2D eigenvalue weighted by molar-refractivity contribution is 0.470. The minimum atomic E-state index is 0. The number of rotatable bonds is 6. The van der Waals surface area contributed by atoms with Crippen molar-refractivity contribution in [3.63, 3.8) is 0 Å². The van der Waals surface area contributed by atoms with Gasteiger partial charge in [0, 0.05) is 18.4 Å². The van der Waals surface area contributed by atoms with E-state index in [1.54, 1.807) is 6.33 Å². The molecule has 0 atom stereocenters. The van der Waals surface area contributed by atoms with E-state index in [2.05, 4.69) is 15.3 Å². The SMILES string of the molecule is Cl.c1ncc(CNCCCC2CCCC2)[nH]1. The van der Waals surface area contributed by atoms with E-state index in [1.165, 1.54) is 44.2 Å². The molecule has 4 heteroatoms. The van der Waals surface area contributed by atoms with E-state index in [1.807, 2.05) is 6.20 Å². The van der Waals surface area contributed by atoms with Crippen LogP contribution >= 0.6 is 12.4 Å². The van der Waals surface area contributed by atoms with Crippen molar-refractivity contribution in [3.8, 4) is 0 Å². The predicted octanol–water partition coefficient (Wildman–Crippen LogP) is 2.89. The van der Waals surface area contributed by atoms with Crippen molar-refractivity contribution < 1.29 is 0 Å². The maximum absolute atomic E-state index is 3.99. The van der Waals surface area contributed by atoms with Gasteiger partial charge < -0.3 is 10.3 Å². The number of hydrogen-bond donors (Lipinski definition) is 2. The Balaban J connectivity index is 0.00000128. The maximum atomic E-state index is 3.99. The molecular formula is C12H22ClN3. The minimum absolute atomic E-state index is 0. The van der Waals surface area contributed by atoms with Crippen molar-refractivity contribution in [2.45, 2.75) is 45.1 Å². The highest BCUT2D eigenvalue weighted by molar-refractivity contribution is 5.85. The van der Waals surface area contributed by atoms with E-state index in [-0.39, 0.29) is 12.4 Å². The second kappa shape index (κ2) is 7.69. The Morgan fingerprint density at radius 2 is 2.19 bits per heavy atom. The highest BCUT2D eigenvalue weighted by Gasteiger charge is 2.13. The molecule has 0 aromatic carbocycles. The summed E-state index contributed by atoms with van der Waals surface area (Å²) in [5.41, 5.74) is 1.18. The number of H-pyrrole nitrogens is 1. The van der Waals surface area contributed by atoms with Crippen LogP contribution in [-0.2, 0) is 6.54 Å². The van der Waals surface area contributed by atoms with Crippen molar-refractivity contribution in [2.75, 3.05) is 6.54 Å². The number of halogens is 1. The van der Waals surface area contributed by atoms with Gasteiger partial charge in [-0.15, -0.1) is 12.4 Å². The molecule has 0 spiro atoms. The molecule has 2 N–H and O–H groups in total. The standard InChI is InChI=1S/C12H21N3.ClH/c1-2-5-11(4-1)6-3-7-13-8-12-9-14-10-15-12;/h9-11,13H,1-8H2,(H,14,15);1H. The lowest BCUT2D eigenvalue weighted by atomic mass is 10.0. The number of hydrogen-bond acceptors (Lipinski definition) is 2. The first-order chi connectivity index (χ1) is 7.45. The Labute approximate surface area is 104 Å². The largest absolute Gasteiger partial charge is 0.347 e. The molecule has 16 heavy (non-hydrogen) atoms. The fourth-order valence-corrected chi connectivity index (χ4v) is 2.42. The molecule has 1 heterocycles. The molecule has 0 saturated heterocycles. The van der Waals surface area contributed by atoms with Gasteiger partial charge in [-0.1, -0.05) is 25.7 Å². The number of nitrogens with zero attached hydrogens (tertiary/aromatic N) is 1. The van der Waals surface area contributed by atoms with E-state index >= 15 is 0 Å². The second-order valence-corrected chi connectivity index (χ2v) is 4.55. The van der Waals surface area contributed by atoms with Gasteiger partial charge in [0.2, 0.25) is 0 Å². The zero-order chi connectivity index (χ0) is 10.3. The zero-order valence-electron chi connectivity index (χ0n) is 9.74. The summed E-state index contributed by atoms with van der Waals surface area (Å²) in [6, 6.07) is 0. The third-order valence-corrected chi connectivity index (χ3v) is 3.31. The first kappa shape index (κ1) is 13.5. The second-order valence-electron chi connectivity index (χ2n) is 4.55. The maximum Gasteiger partial charge on any atom is 0.0922 e. The molecule has 1 aliphatic carbocycles. The number of imidazole rings is 1. The van der Waals surface area contributed by atoms with Crippen molar-refractivity contribution in [1.29, 1.82) is 0 Å². The molecule has 2 rings (SSSR count). The normalized spacial score (nSPS) is 16.2. The van der Waals surface area contributed by atoms with Crippen LogP contribution in [0.25, 0.3) is 0 Å². The summed E-state index contributed by atoms with van der Waals surface area (Å²) < 4.78 is 0. The van der Waals surface area contributed by atoms with Crippen LogP contribution in [0.2, 0.25) is 0 Å². The fourth-order valence-electron chi connectivity index (χ4n) is 2.42. The van der Waals surface area contributed by atoms with Crippen molar-refractivity contribution in [2.24, 2.45) is 5.92 Å². The van der Waals surface area contributed by atoms with Crippen molar-refractivity contribution >= 4 is 12.4 Å². The van der Waals surface area contributed by atoms with Crippen LogP contribution in [0.5, 0.6) is 0 Å². The Morgan fingerprint density at radius 3 is 2.88 bits per heavy atom. The van der Waals surface area contributed by atoms with Crippen molar-refractivity contribution in [1.82, 2.24) is 15.3 Å². The first-order valence-corrected chi connectivity index (χ1v) is 6.13. The molecule has 0 amide bonds. The van der Waals surface area contributed by atoms with Gasteiger partial charge in [0.1, 0.15) is 0 Å². The Morgan fingerprint density at radius 1 is 1.38 bits per heavy atom. The van der Waals surface area contributed by atoms with Gasteiger partial charge in [-0.2, -0.15) is 0 Å². The lowest BCUT2D eigenvalue weighted by Crippen LogP contribution is -2.15. The molecule has 1 fully saturated rings. The summed E-state index contributed by atoms with van der Waals surface area (Å²) in [5.74, 6) is 1.03. The van der Waals surface area contributed by atoms with Gasteiger partial charge in [0.15, 0.2) is 0 Å². The van der Waals surface area contributed by atoms with Crippen LogP contribution in [-0.4, -0.2) is 16.5 Å². The fraction of sp³-hybridized carbons (Fsp3) is 0.750. The van der Waals surface area contributed by atoms with E-state index in [0.29, 0.717) is 0 Å². The summed E-state index contributed by atoms with van der Waals surface area (Å²) in [7, 11) is 0. The summed E-state index contributed by atoms with van der Waals surface area (Å²) >= 11 is 0. The molecular weight excluding hydrogens is 222 g/mol. The van der Waals surface area contributed by atoms with Gasteiger partial charge in [0.25, 0.3) is 0 Å². The lowest BCUT2D eigenvalue weighted by Gasteiger charge is -2.08. The van der Waals surface area contributed by atoms with Crippen LogP contribution in [0.4, 0.5) is 0 Å². The van der Waals surface area contributed by atoms with E-state index in [4.69, 9.17) is 0 Å². The summed E-state index contributed by atoms with van der Waals surface area (Å²) in [5, 5.41) is 3.44. The third kappa shape index (κ3) is 4.54. The van der Waals surface area contributed by atoms with Gasteiger partial charge in [-0.3, -0.25) is 0 Å². The highest BCUT2D eigenvalue weighted by atomic mass is 35.5. The van der Waals surface area contributed by atoms with E-state index < -0.39 is 0 Å². The monoisotopic (exact) mass is 243 g/mol. The smallest absolute Gasteiger partial charge is 0.0922 e. The van der Waals surface area contributed by atoms with Gasteiger partial charge in [-0.05, 0) is 25.3 Å². The predicted molar refractivity (Wildman–Crippen MR) is 68.7 cm³/mol. The highest BCUT2D eigenvalue weighted by Crippen LogP contribution is 2.28. The van der Waals surface area contributed by atoms with Crippen LogP contribution in [0.1, 0.15) is 44.2 Å². The van der Waals surface area contributed by atoms with Gasteiger partial charge in [-0.25, -0.2) is 4.98 Å². The summed E-state index contributed by atoms with van der Waals surface area (Å²) in [6.07, 6.45) is 12.2. The molecule has 3 nitrogen and oxygen atoms in total. The van der Waals surface area contributed by atoms with Crippen LogP contribution in [0, 0.1) is 5.92 Å². The number of aromatic nitrogens is 2. The average Bonchev–Trinajstić information content (AvgIpc) is 2.88. The Kier molecular flexibility index (Phi) is 6.50. The van der Waals surface area contributed by atoms with E-state index in [9.17, 15) is 0 Å². The first-order valence-electron chi connectivity index (χ1n) is 6.13. The molecule has 1 saturated carbocycles. The van der Waals surface area contributed by atoms with Crippen LogP contribution in [0.15, 0.2) is 12.5 Å².